The SMILES string of the molecule is C=C1c2c(N)ccc(O)c2C(=O)C2=C(O)[C@]3(O)C(=O)C(C(N)=O)C(O)[C@@H](N(C)C)[C@@H]3[C@@H](O)[C@H]12. The second-order valence-corrected chi connectivity index (χ2v) is 8.99. The van der Waals surface area contributed by atoms with Gasteiger partial charge in [0.25, 0.3) is 0 Å². The molecule has 0 radical (unpaired) electrons. The van der Waals surface area contributed by atoms with Crippen molar-refractivity contribution in [3.63, 3.8) is 0 Å². The number of Topliss-reactive ketones (excluding diaryl/α,β-unsaturated/α-hetero) is 2. The summed E-state index contributed by atoms with van der Waals surface area (Å²) in [6.45, 7) is 3.91. The fourth-order valence-corrected chi connectivity index (χ4v) is 5.69. The Labute approximate surface area is 188 Å². The first-order valence-corrected chi connectivity index (χ1v) is 10.2. The number of hydrogen-bond donors (Lipinski definition) is 7. The van der Waals surface area contributed by atoms with Gasteiger partial charge >= 0.3 is 0 Å². The lowest BCUT2D eigenvalue weighted by molar-refractivity contribution is -0.191. The number of nitrogen functional groups attached to an aromatic ring is 1. The highest BCUT2D eigenvalue weighted by Gasteiger charge is 2.69. The summed E-state index contributed by atoms with van der Waals surface area (Å²) in [6, 6.07) is 1.29. The zero-order valence-corrected chi connectivity index (χ0v) is 17.9. The van der Waals surface area contributed by atoms with E-state index in [9.17, 15) is 39.9 Å². The minimum Gasteiger partial charge on any atom is -0.508 e. The number of likely N-dealkylation sites (N-methyl/N-ethyl adjacent to an activating group) is 1. The van der Waals surface area contributed by atoms with Crippen LogP contribution in [-0.4, -0.2) is 85.9 Å². The van der Waals surface area contributed by atoms with Crippen molar-refractivity contribution in [1.82, 2.24) is 4.90 Å². The molecule has 0 saturated heterocycles. The second-order valence-electron chi connectivity index (χ2n) is 8.99. The molecule has 3 aliphatic rings. The quantitative estimate of drug-likeness (QED) is 0.152. The molecule has 0 heterocycles. The highest BCUT2D eigenvalue weighted by molar-refractivity contribution is 6.20. The number of phenols is 1. The van der Waals surface area contributed by atoms with E-state index in [4.69, 9.17) is 11.5 Å². The van der Waals surface area contributed by atoms with Crippen LogP contribution in [0.15, 0.2) is 30.0 Å². The van der Waals surface area contributed by atoms with Gasteiger partial charge in [0.2, 0.25) is 5.91 Å². The van der Waals surface area contributed by atoms with Crippen LogP contribution in [0.3, 0.4) is 0 Å². The molecule has 3 aliphatic carbocycles. The van der Waals surface area contributed by atoms with Crippen LogP contribution >= 0.6 is 0 Å². The number of aromatic hydroxyl groups is 1. The number of amides is 1. The standard InChI is InChI=1S/C22H25N3O8/c1-6-9-7(23)4-5-8(26)11(9)16(27)12-10(6)17(28)14-15(25(2)3)18(29)13(21(24)32)20(31)22(14,33)19(12)30/h4-5,10,13-15,17-18,26,28-30,33H,1,23H2,2-3H3,(H2,24,32)/t10-,13?,14-,15+,17+,18?,22+/m1/s1. The summed E-state index contributed by atoms with van der Waals surface area (Å²) in [5.41, 5.74) is 7.79. The maximum Gasteiger partial charge on any atom is 0.230 e. The predicted molar refractivity (Wildman–Crippen MR) is 115 cm³/mol. The summed E-state index contributed by atoms with van der Waals surface area (Å²) in [6.07, 6.45) is -3.43. The fourth-order valence-electron chi connectivity index (χ4n) is 5.69. The first-order chi connectivity index (χ1) is 15.3. The van der Waals surface area contributed by atoms with E-state index in [-0.39, 0.29) is 22.4 Å². The Morgan fingerprint density at radius 1 is 1.12 bits per heavy atom. The first kappa shape index (κ1) is 22.9. The molecule has 1 fully saturated rings. The number of phenolic OH excluding ortho intramolecular Hbond substituents is 1. The number of benzene rings is 1. The minimum atomic E-state index is -2.91. The number of anilines is 1. The third-order valence-electron chi connectivity index (χ3n) is 7.12. The summed E-state index contributed by atoms with van der Waals surface area (Å²) in [4.78, 5) is 40.0. The average Bonchev–Trinajstić information content (AvgIpc) is 2.72. The van der Waals surface area contributed by atoms with E-state index in [0.717, 1.165) is 0 Å². The van der Waals surface area contributed by atoms with Crippen molar-refractivity contribution in [2.75, 3.05) is 19.8 Å². The Morgan fingerprint density at radius 2 is 1.73 bits per heavy atom. The minimum absolute atomic E-state index is 0.0742. The van der Waals surface area contributed by atoms with E-state index < -0.39 is 76.2 Å². The predicted octanol–water partition coefficient (Wildman–Crippen LogP) is -1.69. The number of rotatable bonds is 2. The van der Waals surface area contributed by atoms with Crippen molar-refractivity contribution in [1.29, 1.82) is 0 Å². The molecular weight excluding hydrogens is 434 g/mol. The van der Waals surface area contributed by atoms with E-state index in [1.165, 1.54) is 31.1 Å². The Bertz CT molecular complexity index is 1160. The third-order valence-corrected chi connectivity index (χ3v) is 7.12. The number of carbonyl (C=O) groups excluding carboxylic acids is 3. The van der Waals surface area contributed by atoms with Crippen molar-refractivity contribution in [2.24, 2.45) is 23.5 Å². The molecule has 0 aromatic heterocycles. The van der Waals surface area contributed by atoms with Crippen LogP contribution in [0.2, 0.25) is 0 Å². The maximum absolute atomic E-state index is 13.4. The molecule has 176 valence electrons. The number of nitrogens with zero attached hydrogens (tertiary/aromatic N) is 1. The Morgan fingerprint density at radius 3 is 2.27 bits per heavy atom. The van der Waals surface area contributed by atoms with Gasteiger partial charge in [-0.25, -0.2) is 0 Å². The second kappa shape index (κ2) is 7.12. The first-order valence-electron chi connectivity index (χ1n) is 10.2. The van der Waals surface area contributed by atoms with Crippen molar-refractivity contribution < 1.29 is 39.9 Å². The highest BCUT2D eigenvalue weighted by atomic mass is 16.4. The number of ketones is 2. The van der Waals surface area contributed by atoms with Gasteiger partial charge in [-0.3, -0.25) is 14.4 Å². The number of carbonyl (C=O) groups is 3. The molecule has 11 nitrogen and oxygen atoms in total. The van der Waals surface area contributed by atoms with Crippen LogP contribution in [0.25, 0.3) is 5.57 Å². The van der Waals surface area contributed by atoms with E-state index in [1.54, 1.807) is 0 Å². The van der Waals surface area contributed by atoms with Gasteiger partial charge < -0.3 is 41.9 Å². The Balaban J connectivity index is 2.06. The summed E-state index contributed by atoms with van der Waals surface area (Å²) in [7, 11) is 2.97. The molecule has 33 heavy (non-hydrogen) atoms. The molecule has 9 N–H and O–H groups in total. The molecule has 1 saturated carbocycles. The smallest absolute Gasteiger partial charge is 0.230 e. The lowest BCUT2D eigenvalue weighted by Gasteiger charge is -2.55. The molecule has 7 atom stereocenters. The molecule has 1 aromatic carbocycles. The normalized spacial score (nSPS) is 35.9. The summed E-state index contributed by atoms with van der Waals surface area (Å²) in [5, 5.41) is 55.3. The van der Waals surface area contributed by atoms with Gasteiger partial charge in [-0.2, -0.15) is 0 Å². The molecule has 1 aromatic rings. The number of hydrogen-bond acceptors (Lipinski definition) is 10. The maximum atomic E-state index is 13.4. The van der Waals surface area contributed by atoms with Crippen LogP contribution in [0.1, 0.15) is 15.9 Å². The monoisotopic (exact) mass is 459 g/mol. The fraction of sp³-hybridized carbons (Fsp3) is 0.409. The van der Waals surface area contributed by atoms with E-state index in [1.807, 2.05) is 0 Å². The largest absolute Gasteiger partial charge is 0.508 e. The van der Waals surface area contributed by atoms with Crippen LogP contribution in [0, 0.1) is 17.8 Å². The average molecular weight is 459 g/mol. The van der Waals surface area contributed by atoms with Crippen molar-refractivity contribution in [3.8, 4) is 5.75 Å². The number of fused-ring (bicyclic) bond motifs is 3. The number of aliphatic hydroxyl groups is 4. The number of aliphatic hydroxyl groups excluding tert-OH is 3. The summed E-state index contributed by atoms with van der Waals surface area (Å²) < 4.78 is 0. The van der Waals surface area contributed by atoms with Gasteiger partial charge in [0.1, 0.15) is 17.4 Å². The van der Waals surface area contributed by atoms with Crippen LogP contribution in [-0.2, 0) is 9.59 Å². The van der Waals surface area contributed by atoms with Gasteiger partial charge in [-0.05, 0) is 31.8 Å². The van der Waals surface area contributed by atoms with E-state index in [0.29, 0.717) is 0 Å². The van der Waals surface area contributed by atoms with E-state index >= 15 is 0 Å². The Hall–Kier alpha value is -3.25. The number of nitrogens with two attached hydrogens (primary N) is 2. The van der Waals surface area contributed by atoms with Crippen molar-refractivity contribution in [2.45, 2.75) is 23.9 Å². The number of primary amides is 1. The van der Waals surface area contributed by atoms with Crippen molar-refractivity contribution in [3.05, 3.63) is 41.2 Å². The zero-order valence-electron chi connectivity index (χ0n) is 17.9. The molecule has 0 aliphatic heterocycles. The van der Waals surface area contributed by atoms with Crippen molar-refractivity contribution >= 4 is 28.7 Å². The van der Waals surface area contributed by atoms with Gasteiger partial charge in [0.05, 0.1) is 23.3 Å². The lowest BCUT2D eigenvalue weighted by atomic mass is 9.54. The molecule has 0 bridgehead atoms. The van der Waals surface area contributed by atoms with Gasteiger partial charge in [0.15, 0.2) is 17.2 Å². The molecule has 0 spiro atoms. The van der Waals surface area contributed by atoms with Gasteiger partial charge in [-0.15, -0.1) is 0 Å². The lowest BCUT2D eigenvalue weighted by Crippen LogP contribution is -2.74. The topological polar surface area (TPSA) is 208 Å². The summed E-state index contributed by atoms with van der Waals surface area (Å²) in [5.74, 6) is -9.90. The zero-order chi connectivity index (χ0) is 24.7. The third kappa shape index (κ3) is 2.67. The molecular formula is C22H25N3O8. The van der Waals surface area contributed by atoms with Crippen LogP contribution < -0.4 is 11.5 Å². The summed E-state index contributed by atoms with van der Waals surface area (Å²) >= 11 is 0. The molecule has 1 amide bonds. The molecule has 2 unspecified atom stereocenters. The van der Waals surface area contributed by atoms with Gasteiger partial charge in [0, 0.05) is 29.1 Å². The van der Waals surface area contributed by atoms with Crippen LogP contribution in [0.5, 0.6) is 5.75 Å². The van der Waals surface area contributed by atoms with Crippen LogP contribution in [0.4, 0.5) is 5.69 Å². The van der Waals surface area contributed by atoms with E-state index in [2.05, 4.69) is 6.58 Å². The Kier molecular flexibility index (Phi) is 4.95. The highest BCUT2D eigenvalue weighted by Crippen LogP contribution is 2.55. The van der Waals surface area contributed by atoms with Gasteiger partial charge in [-0.1, -0.05) is 6.58 Å². The molecule has 11 heteroatoms. The molecule has 4 rings (SSSR count).